The number of sulfone groups is 1. The van der Waals surface area contributed by atoms with Crippen molar-refractivity contribution in [2.75, 3.05) is 18.6 Å². The average molecular weight is 298 g/mol. The van der Waals surface area contributed by atoms with Crippen LogP contribution in [0.15, 0.2) is 18.2 Å². The minimum absolute atomic E-state index is 0.0462. The maximum absolute atomic E-state index is 12.1. The van der Waals surface area contributed by atoms with Crippen LogP contribution in [0, 0.1) is 12.8 Å². The molecule has 0 bridgehead atoms. The lowest BCUT2D eigenvalue weighted by atomic mass is 10.1. The maximum atomic E-state index is 12.1. The van der Waals surface area contributed by atoms with Crippen LogP contribution < -0.4 is 4.74 Å². The minimum Gasteiger partial charge on any atom is -0.496 e. The molecule has 0 amide bonds. The van der Waals surface area contributed by atoms with E-state index in [4.69, 9.17) is 4.74 Å². The minimum atomic E-state index is -3.36. The van der Waals surface area contributed by atoms with E-state index in [2.05, 4.69) is 0 Å². The zero-order chi connectivity index (χ0) is 15.3. The van der Waals surface area contributed by atoms with Crippen LogP contribution in [-0.4, -0.2) is 32.8 Å². The number of benzene rings is 1. The van der Waals surface area contributed by atoms with Crippen molar-refractivity contribution in [3.8, 4) is 5.75 Å². The molecule has 0 aliphatic heterocycles. The van der Waals surface area contributed by atoms with Gasteiger partial charge in [0.15, 0.2) is 15.6 Å². The van der Waals surface area contributed by atoms with E-state index in [0.29, 0.717) is 23.7 Å². The maximum Gasteiger partial charge on any atom is 0.181 e. The van der Waals surface area contributed by atoms with Gasteiger partial charge < -0.3 is 4.74 Å². The molecule has 0 heterocycles. The first-order valence-corrected chi connectivity index (χ1v) is 8.45. The number of methoxy groups -OCH3 is 1. The van der Waals surface area contributed by atoms with E-state index in [1.54, 1.807) is 18.2 Å². The smallest absolute Gasteiger partial charge is 0.181 e. The second-order valence-corrected chi connectivity index (χ2v) is 7.59. The summed E-state index contributed by atoms with van der Waals surface area (Å²) in [7, 11) is -1.89. The van der Waals surface area contributed by atoms with E-state index >= 15 is 0 Å². The lowest BCUT2D eigenvalue weighted by molar-refractivity contribution is 0.101. The van der Waals surface area contributed by atoms with E-state index in [1.807, 2.05) is 20.8 Å². The van der Waals surface area contributed by atoms with Crippen LogP contribution in [0.25, 0.3) is 0 Å². The topological polar surface area (TPSA) is 60.4 Å². The van der Waals surface area contributed by atoms with E-state index in [9.17, 15) is 13.2 Å². The Bertz CT molecular complexity index is 574. The predicted octanol–water partition coefficient (Wildman–Crippen LogP) is 2.65. The van der Waals surface area contributed by atoms with E-state index < -0.39 is 21.4 Å². The van der Waals surface area contributed by atoms with Crippen molar-refractivity contribution < 1.29 is 17.9 Å². The number of ether oxygens (including phenoxy) is 1. The molecule has 0 N–H and O–H groups in total. The molecule has 0 spiro atoms. The summed E-state index contributed by atoms with van der Waals surface area (Å²) >= 11 is 0. The molecule has 5 heteroatoms. The standard InChI is InChI=1S/C15H22O4S/c1-11(2)7-8-20(17,18)10-14(16)13-6-5-12(3)9-15(13)19-4/h5-6,9,11H,7-8,10H2,1-4H3. The Labute approximate surface area is 121 Å². The number of rotatable bonds is 7. The molecule has 1 aromatic carbocycles. The van der Waals surface area contributed by atoms with Crippen LogP contribution in [0.4, 0.5) is 0 Å². The van der Waals surface area contributed by atoms with Crippen molar-refractivity contribution in [2.45, 2.75) is 27.2 Å². The van der Waals surface area contributed by atoms with E-state index in [1.165, 1.54) is 7.11 Å². The predicted molar refractivity (Wildman–Crippen MR) is 80.2 cm³/mol. The first-order chi connectivity index (χ1) is 9.25. The first-order valence-electron chi connectivity index (χ1n) is 6.63. The SMILES string of the molecule is COc1cc(C)ccc1C(=O)CS(=O)(=O)CCC(C)C. The van der Waals surface area contributed by atoms with Gasteiger partial charge in [-0.3, -0.25) is 4.79 Å². The third-order valence-corrected chi connectivity index (χ3v) is 4.57. The largest absolute Gasteiger partial charge is 0.496 e. The van der Waals surface area contributed by atoms with Crippen LogP contribution in [0.1, 0.15) is 36.2 Å². The van der Waals surface area contributed by atoms with Crippen molar-refractivity contribution in [1.82, 2.24) is 0 Å². The van der Waals surface area contributed by atoms with Crippen LogP contribution >= 0.6 is 0 Å². The molecule has 0 saturated carbocycles. The van der Waals surface area contributed by atoms with Crippen molar-refractivity contribution in [3.05, 3.63) is 29.3 Å². The lowest BCUT2D eigenvalue weighted by Crippen LogP contribution is -2.20. The van der Waals surface area contributed by atoms with Gasteiger partial charge in [-0.2, -0.15) is 0 Å². The summed E-state index contributed by atoms with van der Waals surface area (Å²) < 4.78 is 29.0. The molecule has 20 heavy (non-hydrogen) atoms. The number of hydrogen-bond donors (Lipinski definition) is 0. The highest BCUT2D eigenvalue weighted by molar-refractivity contribution is 7.92. The fraction of sp³-hybridized carbons (Fsp3) is 0.533. The second-order valence-electron chi connectivity index (χ2n) is 5.40. The summed E-state index contributed by atoms with van der Waals surface area (Å²) in [6.07, 6.45) is 0.570. The number of carbonyl (C=O) groups is 1. The normalized spacial score (nSPS) is 11.7. The highest BCUT2D eigenvalue weighted by atomic mass is 32.2. The third-order valence-electron chi connectivity index (χ3n) is 3.01. The highest BCUT2D eigenvalue weighted by Crippen LogP contribution is 2.21. The Kier molecular flexibility index (Phi) is 5.74. The van der Waals surface area contributed by atoms with E-state index in [-0.39, 0.29) is 5.75 Å². The molecule has 0 saturated heterocycles. The third kappa shape index (κ3) is 4.96. The highest BCUT2D eigenvalue weighted by Gasteiger charge is 2.21. The fourth-order valence-electron chi connectivity index (χ4n) is 1.79. The second kappa shape index (κ2) is 6.88. The molecule has 4 nitrogen and oxygen atoms in total. The molecular formula is C15H22O4S. The summed E-state index contributed by atoms with van der Waals surface area (Å²) in [5.74, 6) is -0.0996. The van der Waals surface area contributed by atoms with Gasteiger partial charge >= 0.3 is 0 Å². The van der Waals surface area contributed by atoms with Crippen molar-refractivity contribution in [3.63, 3.8) is 0 Å². The number of aryl methyl sites for hydroxylation is 1. The molecule has 1 rings (SSSR count). The van der Waals surface area contributed by atoms with Crippen molar-refractivity contribution >= 4 is 15.6 Å². The van der Waals surface area contributed by atoms with Gasteiger partial charge in [-0.15, -0.1) is 0 Å². The van der Waals surface area contributed by atoms with Gasteiger partial charge in [-0.05, 0) is 37.0 Å². The van der Waals surface area contributed by atoms with Crippen LogP contribution in [-0.2, 0) is 9.84 Å². The van der Waals surface area contributed by atoms with Gasteiger partial charge in [0.05, 0.1) is 18.4 Å². The molecule has 0 radical (unpaired) electrons. The lowest BCUT2D eigenvalue weighted by Gasteiger charge is -2.10. The molecule has 0 fully saturated rings. The van der Waals surface area contributed by atoms with Gasteiger partial charge in [0.25, 0.3) is 0 Å². The van der Waals surface area contributed by atoms with Gasteiger partial charge in [0.1, 0.15) is 11.5 Å². The summed E-state index contributed by atoms with van der Waals surface area (Å²) in [6.45, 7) is 5.80. The number of hydrogen-bond acceptors (Lipinski definition) is 4. The molecule has 0 atom stereocenters. The van der Waals surface area contributed by atoms with Gasteiger partial charge in [-0.1, -0.05) is 19.9 Å². The summed E-state index contributed by atoms with van der Waals surface area (Å²) in [5.41, 5.74) is 1.28. The average Bonchev–Trinajstić information content (AvgIpc) is 2.35. The Morgan fingerprint density at radius 2 is 1.95 bits per heavy atom. The summed E-state index contributed by atoms with van der Waals surface area (Å²) in [6, 6.07) is 5.12. The summed E-state index contributed by atoms with van der Waals surface area (Å²) in [5, 5.41) is 0. The van der Waals surface area contributed by atoms with Crippen LogP contribution in [0.5, 0.6) is 5.75 Å². The fourth-order valence-corrected chi connectivity index (χ4v) is 3.32. The van der Waals surface area contributed by atoms with Gasteiger partial charge in [0.2, 0.25) is 0 Å². The van der Waals surface area contributed by atoms with Crippen LogP contribution in [0.3, 0.4) is 0 Å². The molecule has 0 aliphatic carbocycles. The van der Waals surface area contributed by atoms with Gasteiger partial charge in [-0.25, -0.2) is 8.42 Å². The molecule has 0 unspecified atom stereocenters. The van der Waals surface area contributed by atoms with Crippen molar-refractivity contribution in [1.29, 1.82) is 0 Å². The number of ketones is 1. The Balaban J connectivity index is 2.86. The first kappa shape index (κ1) is 16.7. The zero-order valence-corrected chi connectivity index (χ0v) is 13.3. The zero-order valence-electron chi connectivity index (χ0n) is 12.5. The van der Waals surface area contributed by atoms with E-state index in [0.717, 1.165) is 5.56 Å². The molecule has 1 aromatic rings. The molecule has 112 valence electrons. The quantitative estimate of drug-likeness (QED) is 0.726. The van der Waals surface area contributed by atoms with Crippen molar-refractivity contribution in [2.24, 2.45) is 5.92 Å². The Hall–Kier alpha value is -1.36. The molecular weight excluding hydrogens is 276 g/mol. The monoisotopic (exact) mass is 298 g/mol. The molecule has 0 aliphatic rings. The number of Topliss-reactive ketones (excluding diaryl/α,β-unsaturated/α-hetero) is 1. The molecule has 0 aromatic heterocycles. The Morgan fingerprint density at radius 1 is 1.30 bits per heavy atom. The van der Waals surface area contributed by atoms with Gasteiger partial charge in [0, 0.05) is 0 Å². The summed E-state index contributed by atoms with van der Waals surface area (Å²) in [4.78, 5) is 12.1. The number of carbonyl (C=O) groups excluding carboxylic acids is 1. The Morgan fingerprint density at radius 3 is 2.50 bits per heavy atom. The van der Waals surface area contributed by atoms with Crippen LogP contribution in [0.2, 0.25) is 0 Å².